The molecular formula is C7H11NO2S2. The first-order valence-corrected chi connectivity index (χ1v) is 5.91. The molecule has 0 aliphatic heterocycles. The predicted molar refractivity (Wildman–Crippen MR) is 49.8 cm³/mol. The Hall–Kier alpha value is -0.390. The van der Waals surface area contributed by atoms with Crippen molar-refractivity contribution in [2.24, 2.45) is 0 Å². The van der Waals surface area contributed by atoms with Crippen LogP contribution in [0.5, 0.6) is 0 Å². The molecule has 0 saturated heterocycles. The van der Waals surface area contributed by atoms with Gasteiger partial charge in [0.05, 0.1) is 0 Å². The van der Waals surface area contributed by atoms with Gasteiger partial charge in [-0.05, 0) is 11.4 Å². The molecule has 0 amide bonds. The molecule has 0 aromatic carbocycles. The van der Waals surface area contributed by atoms with Crippen molar-refractivity contribution in [1.29, 1.82) is 0 Å². The van der Waals surface area contributed by atoms with Crippen LogP contribution in [0.3, 0.4) is 0 Å². The minimum absolute atomic E-state index is 0.409. The third kappa shape index (κ3) is 1.68. The van der Waals surface area contributed by atoms with Gasteiger partial charge in [-0.25, -0.2) is 12.7 Å². The van der Waals surface area contributed by atoms with E-state index in [0.717, 1.165) is 0 Å². The molecule has 0 atom stereocenters. The van der Waals surface area contributed by atoms with E-state index in [0.29, 0.717) is 10.8 Å². The van der Waals surface area contributed by atoms with Gasteiger partial charge in [-0.2, -0.15) is 0 Å². The summed E-state index contributed by atoms with van der Waals surface area (Å²) in [6, 6.07) is 3.35. The fraction of sp³-hybridized carbons (Fsp3) is 0.429. The Morgan fingerprint density at radius 1 is 1.58 bits per heavy atom. The summed E-state index contributed by atoms with van der Waals surface area (Å²) in [7, 11) is -1.62. The number of nitrogens with zero attached hydrogens (tertiary/aromatic N) is 1. The fourth-order valence-electron chi connectivity index (χ4n) is 0.734. The summed E-state index contributed by atoms with van der Waals surface area (Å²) >= 11 is 1.24. The largest absolute Gasteiger partial charge is 0.252 e. The van der Waals surface area contributed by atoms with E-state index < -0.39 is 10.0 Å². The van der Waals surface area contributed by atoms with Crippen molar-refractivity contribution in [1.82, 2.24) is 4.31 Å². The zero-order valence-corrected chi connectivity index (χ0v) is 8.65. The van der Waals surface area contributed by atoms with Gasteiger partial charge in [0, 0.05) is 13.6 Å². The molecule has 0 unspecified atom stereocenters. The van der Waals surface area contributed by atoms with Crippen molar-refractivity contribution in [2.75, 3.05) is 13.6 Å². The average molecular weight is 205 g/mol. The third-order valence-electron chi connectivity index (χ3n) is 1.60. The van der Waals surface area contributed by atoms with E-state index >= 15 is 0 Å². The molecule has 68 valence electrons. The van der Waals surface area contributed by atoms with Gasteiger partial charge in [0.25, 0.3) is 10.0 Å². The summed E-state index contributed by atoms with van der Waals surface area (Å²) in [6.45, 7) is 2.31. The lowest BCUT2D eigenvalue weighted by Crippen LogP contribution is -2.25. The lowest BCUT2D eigenvalue weighted by molar-refractivity contribution is 0.488. The highest BCUT2D eigenvalue weighted by molar-refractivity contribution is 7.91. The van der Waals surface area contributed by atoms with E-state index in [9.17, 15) is 8.42 Å². The van der Waals surface area contributed by atoms with Gasteiger partial charge in [-0.1, -0.05) is 13.0 Å². The molecule has 0 fully saturated rings. The maximum absolute atomic E-state index is 11.6. The smallest absolute Gasteiger partial charge is 0.206 e. The van der Waals surface area contributed by atoms with Crippen LogP contribution in [0.2, 0.25) is 0 Å². The molecule has 5 heteroatoms. The number of thiophene rings is 1. The molecule has 0 aliphatic rings. The van der Waals surface area contributed by atoms with Gasteiger partial charge in [-0.3, -0.25) is 0 Å². The zero-order valence-electron chi connectivity index (χ0n) is 7.02. The Balaban J connectivity index is 3.03. The average Bonchev–Trinajstić information content (AvgIpc) is 2.55. The lowest BCUT2D eigenvalue weighted by atomic mass is 10.7. The summed E-state index contributed by atoms with van der Waals surface area (Å²) in [5.41, 5.74) is 0. The Labute approximate surface area is 76.7 Å². The van der Waals surface area contributed by atoms with Crippen LogP contribution in [0, 0.1) is 0 Å². The van der Waals surface area contributed by atoms with Gasteiger partial charge in [0.1, 0.15) is 4.21 Å². The molecule has 1 aromatic rings. The monoisotopic (exact) mass is 205 g/mol. The Morgan fingerprint density at radius 3 is 2.67 bits per heavy atom. The van der Waals surface area contributed by atoms with Gasteiger partial charge in [0.2, 0.25) is 0 Å². The van der Waals surface area contributed by atoms with Crippen LogP contribution in [-0.4, -0.2) is 26.3 Å². The van der Waals surface area contributed by atoms with E-state index in [1.807, 2.05) is 6.92 Å². The van der Waals surface area contributed by atoms with Crippen molar-refractivity contribution < 1.29 is 8.42 Å². The summed E-state index contributed by atoms with van der Waals surface area (Å²) in [5, 5.41) is 1.76. The normalized spacial score (nSPS) is 12.2. The fourth-order valence-corrected chi connectivity index (χ4v) is 3.11. The molecule has 0 radical (unpaired) electrons. The van der Waals surface area contributed by atoms with Crippen LogP contribution >= 0.6 is 11.3 Å². The first kappa shape index (κ1) is 9.70. The van der Waals surface area contributed by atoms with Crippen LogP contribution < -0.4 is 0 Å². The van der Waals surface area contributed by atoms with Crippen LogP contribution in [0.4, 0.5) is 0 Å². The molecule has 0 spiro atoms. The molecule has 0 N–H and O–H groups in total. The van der Waals surface area contributed by atoms with E-state index in [1.165, 1.54) is 15.6 Å². The van der Waals surface area contributed by atoms with Crippen LogP contribution in [0.1, 0.15) is 6.92 Å². The molecular weight excluding hydrogens is 194 g/mol. The topological polar surface area (TPSA) is 37.4 Å². The van der Waals surface area contributed by atoms with E-state index in [-0.39, 0.29) is 0 Å². The highest BCUT2D eigenvalue weighted by Gasteiger charge is 2.19. The number of rotatable bonds is 3. The molecule has 1 heterocycles. The van der Waals surface area contributed by atoms with E-state index in [4.69, 9.17) is 0 Å². The van der Waals surface area contributed by atoms with Gasteiger partial charge in [-0.15, -0.1) is 11.3 Å². The lowest BCUT2D eigenvalue weighted by Gasteiger charge is -2.12. The quantitative estimate of drug-likeness (QED) is 0.747. The SMILES string of the molecule is CCN(C)S(=O)(=O)c1cccs1. The summed E-state index contributed by atoms with van der Waals surface area (Å²) in [6.07, 6.45) is 0. The molecule has 0 saturated carbocycles. The van der Waals surface area contributed by atoms with Gasteiger partial charge >= 0.3 is 0 Å². The van der Waals surface area contributed by atoms with Gasteiger partial charge < -0.3 is 0 Å². The van der Waals surface area contributed by atoms with Crippen molar-refractivity contribution in [3.05, 3.63) is 17.5 Å². The third-order valence-corrected chi connectivity index (χ3v) is 4.91. The number of hydrogen-bond acceptors (Lipinski definition) is 3. The Morgan fingerprint density at radius 2 is 2.25 bits per heavy atom. The highest BCUT2D eigenvalue weighted by Crippen LogP contribution is 2.19. The second-order valence-corrected chi connectivity index (χ2v) is 5.57. The van der Waals surface area contributed by atoms with Crippen molar-refractivity contribution >= 4 is 21.4 Å². The number of sulfonamides is 1. The summed E-state index contributed by atoms with van der Waals surface area (Å²) < 4.78 is 24.9. The van der Waals surface area contributed by atoms with Crippen molar-refractivity contribution in [3.63, 3.8) is 0 Å². The van der Waals surface area contributed by atoms with Crippen LogP contribution in [0.25, 0.3) is 0 Å². The minimum atomic E-state index is -3.19. The molecule has 12 heavy (non-hydrogen) atoms. The second-order valence-electron chi connectivity index (χ2n) is 2.35. The van der Waals surface area contributed by atoms with E-state index in [1.54, 1.807) is 24.6 Å². The second kappa shape index (κ2) is 3.55. The minimum Gasteiger partial charge on any atom is -0.206 e. The van der Waals surface area contributed by atoms with Gasteiger partial charge in [0.15, 0.2) is 0 Å². The maximum Gasteiger partial charge on any atom is 0.252 e. The number of hydrogen-bond donors (Lipinski definition) is 0. The highest BCUT2D eigenvalue weighted by atomic mass is 32.2. The Bertz CT molecular complexity index is 328. The molecule has 1 rings (SSSR count). The Kier molecular flexibility index (Phi) is 2.87. The van der Waals surface area contributed by atoms with Crippen molar-refractivity contribution in [2.45, 2.75) is 11.1 Å². The van der Waals surface area contributed by atoms with Crippen LogP contribution in [-0.2, 0) is 10.0 Å². The summed E-state index contributed by atoms with van der Waals surface area (Å²) in [4.78, 5) is 0. The maximum atomic E-state index is 11.6. The molecule has 0 bridgehead atoms. The van der Waals surface area contributed by atoms with E-state index in [2.05, 4.69) is 0 Å². The first-order chi connectivity index (χ1) is 5.59. The molecule has 0 aliphatic carbocycles. The van der Waals surface area contributed by atoms with Crippen molar-refractivity contribution in [3.8, 4) is 0 Å². The molecule has 3 nitrogen and oxygen atoms in total. The zero-order chi connectivity index (χ0) is 9.19. The molecule has 1 aromatic heterocycles. The predicted octanol–water partition coefficient (Wildman–Crippen LogP) is 1.39. The summed E-state index contributed by atoms with van der Waals surface area (Å²) in [5.74, 6) is 0. The first-order valence-electron chi connectivity index (χ1n) is 3.59. The standard InChI is InChI=1S/C7H11NO2S2/c1-3-8(2)12(9,10)7-5-4-6-11-7/h4-6H,3H2,1-2H3. The van der Waals surface area contributed by atoms with Crippen LogP contribution in [0.15, 0.2) is 21.7 Å².